The van der Waals surface area contributed by atoms with E-state index in [0.29, 0.717) is 23.9 Å². The Balaban J connectivity index is 1.58. The Morgan fingerprint density at radius 1 is 1.36 bits per heavy atom. The summed E-state index contributed by atoms with van der Waals surface area (Å²) < 4.78 is 0. The van der Waals surface area contributed by atoms with Crippen LogP contribution in [0.4, 0.5) is 10.6 Å². The van der Waals surface area contributed by atoms with Crippen LogP contribution in [-0.2, 0) is 0 Å². The van der Waals surface area contributed by atoms with E-state index in [-0.39, 0.29) is 16.7 Å². The molecule has 22 heavy (non-hydrogen) atoms. The quantitative estimate of drug-likeness (QED) is 0.802. The van der Waals surface area contributed by atoms with Crippen molar-refractivity contribution in [2.45, 2.75) is 38.1 Å². The fourth-order valence-corrected chi connectivity index (χ4v) is 3.80. The summed E-state index contributed by atoms with van der Waals surface area (Å²) in [7, 11) is 0. The minimum atomic E-state index is -0.806. The van der Waals surface area contributed by atoms with Gasteiger partial charge in [-0.05, 0) is 49.1 Å². The minimum absolute atomic E-state index is 0.156. The number of nitrogens with zero attached hydrogens (tertiary/aromatic N) is 3. The Morgan fingerprint density at radius 3 is 2.73 bits per heavy atom. The number of carbonyl (C=O) groups is 1. The van der Waals surface area contributed by atoms with Gasteiger partial charge >= 0.3 is 6.09 Å². The van der Waals surface area contributed by atoms with E-state index in [1.807, 2.05) is 0 Å². The second-order valence-electron chi connectivity index (χ2n) is 6.21. The SMILES string of the molecule is O=C(O)N1CCC2(CCC(Nc3nc(Cl)ncc3Cl)CC2)C1. The zero-order chi connectivity index (χ0) is 15.7. The normalized spacial score (nSPS) is 28.1. The molecule has 2 heterocycles. The molecule has 0 atom stereocenters. The van der Waals surface area contributed by atoms with Gasteiger partial charge in [0.1, 0.15) is 10.8 Å². The van der Waals surface area contributed by atoms with Gasteiger partial charge in [-0.25, -0.2) is 9.78 Å². The predicted octanol–water partition coefficient (Wildman–Crippen LogP) is 3.51. The van der Waals surface area contributed by atoms with Gasteiger partial charge in [0.05, 0.1) is 6.20 Å². The van der Waals surface area contributed by atoms with Crippen molar-refractivity contribution in [3.8, 4) is 0 Å². The molecular formula is C14H18Cl2N4O2. The topological polar surface area (TPSA) is 78.4 Å². The van der Waals surface area contributed by atoms with E-state index in [4.69, 9.17) is 28.3 Å². The number of carboxylic acid groups (broad SMARTS) is 1. The largest absolute Gasteiger partial charge is 0.465 e. The summed E-state index contributed by atoms with van der Waals surface area (Å²) in [5.41, 5.74) is 0.156. The van der Waals surface area contributed by atoms with Gasteiger partial charge in [0.2, 0.25) is 5.28 Å². The van der Waals surface area contributed by atoms with E-state index in [0.717, 1.165) is 32.1 Å². The molecular weight excluding hydrogens is 327 g/mol. The number of anilines is 1. The molecule has 6 nitrogen and oxygen atoms in total. The van der Waals surface area contributed by atoms with Crippen molar-refractivity contribution in [3.63, 3.8) is 0 Å². The standard InChI is InChI=1S/C14H18Cl2N4O2/c15-10-7-17-12(16)19-11(10)18-9-1-3-14(4-2-9)5-6-20(8-14)13(21)22/h7,9H,1-6,8H2,(H,21,22)(H,17,18,19). The number of aromatic nitrogens is 2. The highest BCUT2D eigenvalue weighted by Crippen LogP contribution is 2.44. The second kappa shape index (κ2) is 6.08. The van der Waals surface area contributed by atoms with Crippen molar-refractivity contribution >= 4 is 35.1 Å². The molecule has 1 aromatic rings. The molecule has 1 spiro atoms. The molecule has 1 aromatic heterocycles. The Labute approximate surface area is 138 Å². The van der Waals surface area contributed by atoms with Gasteiger partial charge in [0.25, 0.3) is 0 Å². The van der Waals surface area contributed by atoms with Gasteiger partial charge in [-0.2, -0.15) is 4.98 Å². The second-order valence-corrected chi connectivity index (χ2v) is 6.95. The highest BCUT2D eigenvalue weighted by molar-refractivity contribution is 6.33. The summed E-state index contributed by atoms with van der Waals surface area (Å²) >= 11 is 11.9. The van der Waals surface area contributed by atoms with Crippen molar-refractivity contribution in [3.05, 3.63) is 16.5 Å². The summed E-state index contributed by atoms with van der Waals surface area (Å²) in [6.07, 6.45) is 5.64. The number of hydrogen-bond donors (Lipinski definition) is 2. The van der Waals surface area contributed by atoms with E-state index in [9.17, 15) is 4.79 Å². The van der Waals surface area contributed by atoms with Crippen molar-refractivity contribution < 1.29 is 9.90 Å². The van der Waals surface area contributed by atoms with Crippen LogP contribution in [0.25, 0.3) is 0 Å². The zero-order valence-electron chi connectivity index (χ0n) is 12.1. The van der Waals surface area contributed by atoms with Gasteiger partial charge in [-0.3, -0.25) is 0 Å². The first-order valence-electron chi connectivity index (χ1n) is 7.40. The van der Waals surface area contributed by atoms with E-state index >= 15 is 0 Å². The maximum atomic E-state index is 11.1. The molecule has 0 aromatic carbocycles. The molecule has 3 rings (SSSR count). The lowest BCUT2D eigenvalue weighted by Crippen LogP contribution is -2.37. The molecule has 2 aliphatic rings. The van der Waals surface area contributed by atoms with Crippen LogP contribution in [0.3, 0.4) is 0 Å². The van der Waals surface area contributed by atoms with Crippen molar-refractivity contribution in [1.29, 1.82) is 0 Å². The van der Waals surface area contributed by atoms with Crippen LogP contribution in [-0.4, -0.2) is 45.2 Å². The van der Waals surface area contributed by atoms with Crippen LogP contribution >= 0.6 is 23.2 Å². The van der Waals surface area contributed by atoms with E-state index in [1.54, 1.807) is 0 Å². The molecule has 1 amide bonds. The third-order valence-electron chi connectivity index (χ3n) is 4.81. The Morgan fingerprint density at radius 2 is 2.09 bits per heavy atom. The number of rotatable bonds is 2. The predicted molar refractivity (Wildman–Crippen MR) is 84.6 cm³/mol. The van der Waals surface area contributed by atoms with Crippen LogP contribution in [0.2, 0.25) is 10.3 Å². The first kappa shape index (κ1) is 15.6. The summed E-state index contributed by atoms with van der Waals surface area (Å²) in [5, 5.41) is 13.1. The number of amides is 1. The van der Waals surface area contributed by atoms with Gasteiger partial charge in [0, 0.05) is 19.1 Å². The molecule has 1 aliphatic heterocycles. The smallest absolute Gasteiger partial charge is 0.407 e. The highest BCUT2D eigenvalue weighted by Gasteiger charge is 2.42. The molecule has 120 valence electrons. The van der Waals surface area contributed by atoms with E-state index in [2.05, 4.69) is 15.3 Å². The van der Waals surface area contributed by atoms with Crippen LogP contribution < -0.4 is 5.32 Å². The lowest BCUT2D eigenvalue weighted by Gasteiger charge is -2.37. The number of hydrogen-bond acceptors (Lipinski definition) is 4. The van der Waals surface area contributed by atoms with E-state index in [1.165, 1.54) is 11.1 Å². The summed E-state index contributed by atoms with van der Waals surface area (Å²) in [5.74, 6) is 0.571. The average Bonchev–Trinajstić information content (AvgIpc) is 2.90. The van der Waals surface area contributed by atoms with Crippen LogP contribution in [0.5, 0.6) is 0 Å². The van der Waals surface area contributed by atoms with Gasteiger partial charge < -0.3 is 15.3 Å². The lowest BCUT2D eigenvalue weighted by molar-refractivity contribution is 0.138. The number of halogens is 2. The van der Waals surface area contributed by atoms with Gasteiger partial charge in [-0.15, -0.1) is 0 Å². The number of likely N-dealkylation sites (tertiary alicyclic amines) is 1. The first-order valence-corrected chi connectivity index (χ1v) is 8.15. The monoisotopic (exact) mass is 344 g/mol. The zero-order valence-corrected chi connectivity index (χ0v) is 13.6. The van der Waals surface area contributed by atoms with Crippen LogP contribution in [0, 0.1) is 5.41 Å². The summed E-state index contributed by atoms with van der Waals surface area (Å²) in [6, 6.07) is 0.285. The Hall–Kier alpha value is -1.27. The summed E-state index contributed by atoms with van der Waals surface area (Å²) in [6.45, 7) is 1.32. The molecule has 1 saturated carbocycles. The maximum Gasteiger partial charge on any atom is 0.407 e. The van der Waals surface area contributed by atoms with Crippen molar-refractivity contribution in [1.82, 2.24) is 14.9 Å². The van der Waals surface area contributed by atoms with Crippen LogP contribution in [0.1, 0.15) is 32.1 Å². The molecule has 2 N–H and O–H groups in total. The lowest BCUT2D eigenvalue weighted by atomic mass is 9.72. The molecule has 1 aliphatic carbocycles. The third-order valence-corrected chi connectivity index (χ3v) is 5.27. The van der Waals surface area contributed by atoms with Crippen molar-refractivity contribution in [2.75, 3.05) is 18.4 Å². The average molecular weight is 345 g/mol. The fourth-order valence-electron chi connectivity index (χ4n) is 3.52. The summed E-state index contributed by atoms with van der Waals surface area (Å²) in [4.78, 5) is 20.6. The first-order chi connectivity index (χ1) is 10.5. The van der Waals surface area contributed by atoms with E-state index < -0.39 is 6.09 Å². The van der Waals surface area contributed by atoms with Crippen LogP contribution in [0.15, 0.2) is 6.20 Å². The molecule has 0 unspecified atom stereocenters. The van der Waals surface area contributed by atoms with Gasteiger partial charge in [0.15, 0.2) is 0 Å². The molecule has 0 radical (unpaired) electrons. The highest BCUT2D eigenvalue weighted by atomic mass is 35.5. The maximum absolute atomic E-state index is 11.1. The molecule has 8 heteroatoms. The fraction of sp³-hybridized carbons (Fsp3) is 0.643. The minimum Gasteiger partial charge on any atom is -0.465 e. The molecule has 2 fully saturated rings. The number of nitrogens with one attached hydrogen (secondary N) is 1. The Kier molecular flexibility index (Phi) is 4.32. The Bertz CT molecular complexity index is 576. The molecule has 1 saturated heterocycles. The van der Waals surface area contributed by atoms with Gasteiger partial charge in [-0.1, -0.05) is 11.6 Å². The van der Waals surface area contributed by atoms with Crippen molar-refractivity contribution in [2.24, 2.45) is 5.41 Å². The third kappa shape index (κ3) is 3.22. The molecule has 0 bridgehead atoms.